The molecule has 51 heavy (non-hydrogen) atoms. The highest BCUT2D eigenvalue weighted by molar-refractivity contribution is 6.30. The van der Waals surface area contributed by atoms with Gasteiger partial charge in [-0.15, -0.1) is 0 Å². The average molecular weight is 711 g/mol. The molecule has 0 spiro atoms. The summed E-state index contributed by atoms with van der Waals surface area (Å²) in [6, 6.07) is 29.0. The number of carbonyl (C=O) groups is 3. The number of hydrogen-bond acceptors (Lipinski definition) is 9. The van der Waals surface area contributed by atoms with Crippen LogP contribution in [0.3, 0.4) is 0 Å². The number of carbonyl (C=O) groups excluding carboxylic acids is 3. The Balaban J connectivity index is 0.000000198. The molecule has 0 saturated heterocycles. The van der Waals surface area contributed by atoms with Crippen LogP contribution in [0.2, 0.25) is 5.02 Å². The van der Waals surface area contributed by atoms with Gasteiger partial charge in [0.2, 0.25) is 0 Å². The van der Waals surface area contributed by atoms with Crippen LogP contribution >= 0.6 is 11.6 Å². The number of ether oxygens (including phenoxy) is 4. The molecule has 0 bridgehead atoms. The van der Waals surface area contributed by atoms with Crippen molar-refractivity contribution in [3.05, 3.63) is 141 Å². The van der Waals surface area contributed by atoms with Crippen LogP contribution in [0.1, 0.15) is 73.4 Å². The van der Waals surface area contributed by atoms with Crippen LogP contribution in [-0.4, -0.2) is 41.1 Å². The fraction of sp³-hybridized carbons (Fsp3) is 0.268. The summed E-state index contributed by atoms with van der Waals surface area (Å²) in [6.45, 7) is 10.5. The molecule has 0 radical (unpaired) electrons. The molecule has 0 aliphatic carbocycles. The van der Waals surface area contributed by atoms with Crippen LogP contribution in [0.25, 0.3) is 11.0 Å². The molecular formula is C41H39ClO9. The second kappa shape index (κ2) is 15.2. The van der Waals surface area contributed by atoms with Gasteiger partial charge in [-0.3, -0.25) is 4.79 Å². The predicted molar refractivity (Wildman–Crippen MR) is 194 cm³/mol. The number of halogens is 1. The van der Waals surface area contributed by atoms with Gasteiger partial charge in [0.1, 0.15) is 28.8 Å². The zero-order valence-corrected chi connectivity index (χ0v) is 30.0. The molecule has 0 amide bonds. The SMILES string of the molecule is CC(C)(OC(=O)c1ccccc1)C1Cc2cc3ccc(=O)oc3cc2O1.CC(C)OC(=O)C(C)(C)Oc1ccc(C(=O)c2ccc(Cl)cc2)cc1. The molecule has 1 unspecified atom stereocenters. The van der Waals surface area contributed by atoms with E-state index in [-0.39, 0.29) is 24.0 Å². The van der Waals surface area contributed by atoms with Crippen molar-refractivity contribution in [3.8, 4) is 11.5 Å². The van der Waals surface area contributed by atoms with Crippen LogP contribution in [0, 0.1) is 0 Å². The van der Waals surface area contributed by atoms with Crippen molar-refractivity contribution < 1.29 is 37.7 Å². The molecule has 1 aliphatic heterocycles. The van der Waals surface area contributed by atoms with E-state index in [0.29, 0.717) is 45.2 Å². The van der Waals surface area contributed by atoms with E-state index in [1.54, 1.807) is 113 Å². The zero-order valence-electron chi connectivity index (χ0n) is 29.2. The largest absolute Gasteiger partial charge is 0.485 e. The molecule has 4 aromatic carbocycles. The molecule has 1 atom stereocenters. The molecule has 2 heterocycles. The molecule has 1 aromatic heterocycles. The first-order valence-corrected chi connectivity index (χ1v) is 16.8. The van der Waals surface area contributed by atoms with Crippen LogP contribution in [0.5, 0.6) is 11.5 Å². The first-order chi connectivity index (χ1) is 24.1. The lowest BCUT2D eigenvalue weighted by Crippen LogP contribution is -2.43. The highest BCUT2D eigenvalue weighted by atomic mass is 35.5. The van der Waals surface area contributed by atoms with Crippen LogP contribution < -0.4 is 15.1 Å². The molecule has 1 aliphatic rings. The summed E-state index contributed by atoms with van der Waals surface area (Å²) in [5, 5.41) is 1.42. The molecule has 0 fully saturated rings. The van der Waals surface area contributed by atoms with E-state index in [9.17, 15) is 19.2 Å². The van der Waals surface area contributed by atoms with Crippen molar-refractivity contribution in [3.63, 3.8) is 0 Å². The molecular weight excluding hydrogens is 672 g/mol. The quantitative estimate of drug-likeness (QED) is 0.0844. The van der Waals surface area contributed by atoms with Gasteiger partial charge in [-0.1, -0.05) is 29.8 Å². The Labute approximate surface area is 301 Å². The Hall–Kier alpha value is -5.41. The topological polar surface area (TPSA) is 118 Å². The van der Waals surface area contributed by atoms with Gasteiger partial charge in [-0.2, -0.15) is 0 Å². The second-order valence-electron chi connectivity index (χ2n) is 13.3. The van der Waals surface area contributed by atoms with E-state index in [0.717, 1.165) is 10.9 Å². The molecule has 6 rings (SSSR count). The lowest BCUT2D eigenvalue weighted by molar-refractivity contribution is -0.163. The van der Waals surface area contributed by atoms with Gasteiger partial charge in [0, 0.05) is 40.1 Å². The Morgan fingerprint density at radius 1 is 0.804 bits per heavy atom. The van der Waals surface area contributed by atoms with Crippen molar-refractivity contribution in [1.29, 1.82) is 0 Å². The third-order valence-electron chi connectivity index (χ3n) is 8.05. The Bertz CT molecular complexity index is 2080. The van der Waals surface area contributed by atoms with Crippen LogP contribution in [0.4, 0.5) is 0 Å². The van der Waals surface area contributed by atoms with Gasteiger partial charge < -0.3 is 23.4 Å². The fourth-order valence-electron chi connectivity index (χ4n) is 5.27. The highest BCUT2D eigenvalue weighted by Gasteiger charge is 2.40. The average Bonchev–Trinajstić information content (AvgIpc) is 3.52. The molecule has 10 heteroatoms. The first kappa shape index (κ1) is 36.9. The van der Waals surface area contributed by atoms with Gasteiger partial charge in [0.25, 0.3) is 0 Å². The van der Waals surface area contributed by atoms with E-state index in [1.807, 2.05) is 26.0 Å². The maximum Gasteiger partial charge on any atom is 0.350 e. The van der Waals surface area contributed by atoms with E-state index < -0.39 is 22.8 Å². The van der Waals surface area contributed by atoms with E-state index in [2.05, 4.69) is 0 Å². The Morgan fingerprint density at radius 3 is 2.06 bits per heavy atom. The third-order valence-corrected chi connectivity index (χ3v) is 8.30. The summed E-state index contributed by atoms with van der Waals surface area (Å²) in [6.07, 6.45) is 0.0721. The molecule has 264 valence electrons. The van der Waals surface area contributed by atoms with Crippen LogP contribution in [-0.2, 0) is 20.7 Å². The van der Waals surface area contributed by atoms with E-state index >= 15 is 0 Å². The molecule has 0 N–H and O–H groups in total. The molecule has 5 aromatic rings. The van der Waals surface area contributed by atoms with Gasteiger partial charge >= 0.3 is 17.6 Å². The maximum absolute atomic E-state index is 12.4. The number of ketones is 1. The first-order valence-electron chi connectivity index (χ1n) is 16.4. The summed E-state index contributed by atoms with van der Waals surface area (Å²) >= 11 is 5.84. The zero-order chi connectivity index (χ0) is 36.9. The standard InChI is InChI=1S/C21H18O5.C20H21ClO4/c1-21(2,26-20(23)13-6-4-3-5-7-13)18-11-15-10-14-8-9-19(22)25-16(14)12-17(15)24-18;1-13(2)24-19(23)20(3,4)25-17-11-7-15(8-12-17)18(22)14-5-9-16(21)10-6-14/h3-10,12,18H,11H2,1-2H3;5-13H,1-4H3. The number of esters is 2. The third kappa shape index (κ3) is 9.23. The lowest BCUT2D eigenvalue weighted by Gasteiger charge is -2.30. The smallest absolute Gasteiger partial charge is 0.350 e. The highest BCUT2D eigenvalue weighted by Crippen LogP contribution is 2.37. The predicted octanol–water partition coefficient (Wildman–Crippen LogP) is 8.41. The minimum absolute atomic E-state index is 0.110. The van der Waals surface area contributed by atoms with Crippen molar-refractivity contribution in [2.45, 2.75) is 71.4 Å². The number of fused-ring (bicyclic) bond motifs is 2. The summed E-state index contributed by atoms with van der Waals surface area (Å²) < 4.78 is 27.8. The van der Waals surface area contributed by atoms with Gasteiger partial charge in [0.05, 0.1) is 11.7 Å². The number of benzene rings is 4. The minimum atomic E-state index is -1.12. The van der Waals surface area contributed by atoms with E-state index in [1.165, 1.54) is 6.07 Å². The number of rotatable bonds is 9. The van der Waals surface area contributed by atoms with Crippen molar-refractivity contribution in [1.82, 2.24) is 0 Å². The monoisotopic (exact) mass is 710 g/mol. The fourth-order valence-corrected chi connectivity index (χ4v) is 5.39. The lowest BCUT2D eigenvalue weighted by atomic mass is 9.96. The summed E-state index contributed by atoms with van der Waals surface area (Å²) in [4.78, 5) is 48.3. The van der Waals surface area contributed by atoms with E-state index in [4.69, 9.17) is 35.0 Å². The van der Waals surface area contributed by atoms with Crippen molar-refractivity contribution >= 4 is 40.3 Å². The molecule has 9 nitrogen and oxygen atoms in total. The maximum atomic E-state index is 12.4. The van der Waals surface area contributed by atoms with Crippen LogP contribution in [0.15, 0.2) is 112 Å². The van der Waals surface area contributed by atoms with Crippen molar-refractivity contribution in [2.75, 3.05) is 0 Å². The summed E-state index contributed by atoms with van der Waals surface area (Å²) in [5.41, 5.74) is 0.727. The Morgan fingerprint density at radius 2 is 1.43 bits per heavy atom. The molecule has 0 saturated carbocycles. The second-order valence-corrected chi connectivity index (χ2v) is 13.8. The number of hydrogen-bond donors (Lipinski definition) is 0. The Kier molecular flexibility index (Phi) is 11.0. The van der Waals surface area contributed by atoms with Gasteiger partial charge in [-0.25, -0.2) is 14.4 Å². The van der Waals surface area contributed by atoms with Gasteiger partial charge in [-0.05, 0) is 120 Å². The minimum Gasteiger partial charge on any atom is -0.485 e. The summed E-state index contributed by atoms with van der Waals surface area (Å²) in [5.74, 6) is 0.205. The normalized spacial score (nSPS) is 13.8. The van der Waals surface area contributed by atoms with Gasteiger partial charge in [0.15, 0.2) is 11.4 Å². The summed E-state index contributed by atoms with van der Waals surface area (Å²) in [7, 11) is 0. The van der Waals surface area contributed by atoms with Crippen molar-refractivity contribution in [2.24, 2.45) is 0 Å².